The molecular formula is C13H17ClFN3. The van der Waals surface area contributed by atoms with Crippen LogP contribution in [0.3, 0.4) is 0 Å². The molecule has 0 radical (unpaired) electrons. The van der Waals surface area contributed by atoms with Gasteiger partial charge in [0.1, 0.15) is 11.3 Å². The standard InChI is InChI=1S/C13H17ClFN3/c1-9(8-17(2)3)18-11-6-4-5-10(15)13(11)16-12(18)7-14/h4-6,9H,7-8H2,1-3H3. The Labute approximate surface area is 111 Å². The van der Waals surface area contributed by atoms with Gasteiger partial charge in [0.2, 0.25) is 0 Å². The third-order valence-corrected chi connectivity index (χ3v) is 3.17. The second-order valence-corrected chi connectivity index (χ2v) is 5.02. The molecular weight excluding hydrogens is 253 g/mol. The predicted molar refractivity (Wildman–Crippen MR) is 72.5 cm³/mol. The monoisotopic (exact) mass is 269 g/mol. The molecule has 0 saturated heterocycles. The lowest BCUT2D eigenvalue weighted by Crippen LogP contribution is -2.23. The molecule has 98 valence electrons. The second-order valence-electron chi connectivity index (χ2n) is 4.75. The molecule has 1 atom stereocenters. The number of hydrogen-bond acceptors (Lipinski definition) is 2. The highest BCUT2D eigenvalue weighted by atomic mass is 35.5. The van der Waals surface area contributed by atoms with Gasteiger partial charge in [-0.3, -0.25) is 0 Å². The summed E-state index contributed by atoms with van der Waals surface area (Å²) >= 11 is 5.92. The summed E-state index contributed by atoms with van der Waals surface area (Å²) in [5, 5.41) is 0. The Morgan fingerprint density at radius 2 is 2.17 bits per heavy atom. The average Bonchev–Trinajstić information content (AvgIpc) is 2.68. The largest absolute Gasteiger partial charge is 0.323 e. The molecule has 3 nitrogen and oxygen atoms in total. The first-order valence-corrected chi connectivity index (χ1v) is 6.44. The minimum absolute atomic E-state index is 0.195. The van der Waals surface area contributed by atoms with Crippen molar-refractivity contribution in [3.63, 3.8) is 0 Å². The smallest absolute Gasteiger partial charge is 0.151 e. The van der Waals surface area contributed by atoms with Crippen LogP contribution < -0.4 is 0 Å². The van der Waals surface area contributed by atoms with Crippen LogP contribution in [-0.2, 0) is 5.88 Å². The zero-order valence-corrected chi connectivity index (χ0v) is 11.6. The van der Waals surface area contributed by atoms with Crippen LogP contribution in [0.2, 0.25) is 0 Å². The van der Waals surface area contributed by atoms with Gasteiger partial charge in [-0.05, 0) is 33.2 Å². The third kappa shape index (κ3) is 2.35. The molecule has 1 aromatic carbocycles. The molecule has 0 fully saturated rings. The van der Waals surface area contributed by atoms with Crippen LogP contribution in [0.25, 0.3) is 11.0 Å². The van der Waals surface area contributed by atoms with E-state index in [1.165, 1.54) is 6.07 Å². The van der Waals surface area contributed by atoms with Gasteiger partial charge in [-0.1, -0.05) is 6.07 Å². The van der Waals surface area contributed by atoms with Gasteiger partial charge in [-0.25, -0.2) is 9.37 Å². The van der Waals surface area contributed by atoms with Crippen molar-refractivity contribution < 1.29 is 4.39 Å². The first-order chi connectivity index (χ1) is 8.54. The number of halogens is 2. The Bertz CT molecular complexity index is 550. The van der Waals surface area contributed by atoms with E-state index in [0.717, 1.165) is 12.1 Å². The second kappa shape index (κ2) is 5.24. The molecule has 2 rings (SSSR count). The number of para-hydroxylation sites is 1. The fourth-order valence-corrected chi connectivity index (χ4v) is 2.52. The minimum atomic E-state index is -0.297. The quantitative estimate of drug-likeness (QED) is 0.796. The summed E-state index contributed by atoms with van der Waals surface area (Å²) in [5.74, 6) is 0.701. The lowest BCUT2D eigenvalue weighted by molar-refractivity contribution is 0.337. The number of imidazole rings is 1. The number of rotatable bonds is 4. The molecule has 5 heteroatoms. The molecule has 0 aliphatic rings. The molecule has 0 bridgehead atoms. The van der Waals surface area contributed by atoms with E-state index in [1.54, 1.807) is 6.07 Å². The Morgan fingerprint density at radius 3 is 2.78 bits per heavy atom. The van der Waals surface area contributed by atoms with Crippen LogP contribution >= 0.6 is 11.6 Å². The third-order valence-electron chi connectivity index (χ3n) is 2.93. The van der Waals surface area contributed by atoms with Crippen molar-refractivity contribution in [2.45, 2.75) is 18.8 Å². The minimum Gasteiger partial charge on any atom is -0.323 e. The molecule has 0 aliphatic heterocycles. The number of hydrogen-bond donors (Lipinski definition) is 0. The Balaban J connectivity index is 2.57. The van der Waals surface area contributed by atoms with Gasteiger partial charge in [0.05, 0.1) is 11.4 Å². The number of fused-ring (bicyclic) bond motifs is 1. The maximum absolute atomic E-state index is 13.7. The highest BCUT2D eigenvalue weighted by molar-refractivity contribution is 6.16. The van der Waals surface area contributed by atoms with E-state index in [0.29, 0.717) is 11.3 Å². The predicted octanol–water partition coefficient (Wildman–Crippen LogP) is 3.04. The van der Waals surface area contributed by atoms with Gasteiger partial charge >= 0.3 is 0 Å². The number of likely N-dealkylation sites (N-methyl/N-ethyl adjacent to an activating group) is 1. The normalized spacial score (nSPS) is 13.4. The Hall–Kier alpha value is -1.13. The summed E-state index contributed by atoms with van der Waals surface area (Å²) < 4.78 is 15.7. The van der Waals surface area contributed by atoms with Gasteiger partial charge in [0.15, 0.2) is 5.82 Å². The molecule has 0 aliphatic carbocycles. The van der Waals surface area contributed by atoms with E-state index < -0.39 is 0 Å². The van der Waals surface area contributed by atoms with Crippen LogP contribution in [-0.4, -0.2) is 35.1 Å². The molecule has 0 N–H and O–H groups in total. The summed E-state index contributed by atoms with van der Waals surface area (Å²) in [4.78, 5) is 6.39. The maximum Gasteiger partial charge on any atom is 0.151 e. The summed E-state index contributed by atoms with van der Waals surface area (Å²) in [6, 6.07) is 5.21. The van der Waals surface area contributed by atoms with Crippen LogP contribution in [0.4, 0.5) is 4.39 Å². The molecule has 0 amide bonds. The molecule has 0 spiro atoms. The van der Waals surface area contributed by atoms with Gasteiger partial charge in [0, 0.05) is 12.6 Å². The zero-order valence-electron chi connectivity index (χ0n) is 10.8. The van der Waals surface area contributed by atoms with E-state index in [4.69, 9.17) is 11.6 Å². The fraction of sp³-hybridized carbons (Fsp3) is 0.462. The first kappa shape index (κ1) is 13.3. The summed E-state index contributed by atoms with van der Waals surface area (Å²) in [6.45, 7) is 2.94. The van der Waals surface area contributed by atoms with Gasteiger partial charge < -0.3 is 9.47 Å². The Kier molecular flexibility index (Phi) is 3.88. The maximum atomic E-state index is 13.7. The molecule has 1 aromatic heterocycles. The van der Waals surface area contributed by atoms with Crippen molar-refractivity contribution in [2.75, 3.05) is 20.6 Å². The molecule has 2 aromatic rings. The highest BCUT2D eigenvalue weighted by Crippen LogP contribution is 2.24. The molecule has 0 saturated carbocycles. The molecule has 1 unspecified atom stereocenters. The van der Waals surface area contributed by atoms with Gasteiger partial charge in [-0.15, -0.1) is 11.6 Å². The van der Waals surface area contributed by atoms with Gasteiger partial charge in [0.25, 0.3) is 0 Å². The number of nitrogens with zero attached hydrogens (tertiary/aromatic N) is 3. The van der Waals surface area contributed by atoms with E-state index in [1.807, 2.05) is 24.7 Å². The molecule has 18 heavy (non-hydrogen) atoms. The number of aromatic nitrogens is 2. The highest BCUT2D eigenvalue weighted by Gasteiger charge is 2.17. The summed E-state index contributed by atoms with van der Waals surface area (Å²) in [5.41, 5.74) is 1.21. The van der Waals surface area contributed by atoms with Gasteiger partial charge in [-0.2, -0.15) is 0 Å². The zero-order chi connectivity index (χ0) is 13.3. The van der Waals surface area contributed by atoms with Crippen molar-refractivity contribution in [2.24, 2.45) is 0 Å². The van der Waals surface area contributed by atoms with E-state index in [-0.39, 0.29) is 17.7 Å². The summed E-state index contributed by atoms with van der Waals surface area (Å²) in [7, 11) is 4.02. The van der Waals surface area contributed by atoms with Crippen LogP contribution in [0.15, 0.2) is 18.2 Å². The molecule has 1 heterocycles. The average molecular weight is 270 g/mol. The lowest BCUT2D eigenvalue weighted by atomic mass is 10.2. The van der Waals surface area contributed by atoms with E-state index in [9.17, 15) is 4.39 Å². The Morgan fingerprint density at radius 1 is 1.44 bits per heavy atom. The fourth-order valence-electron chi connectivity index (χ4n) is 2.33. The van der Waals surface area contributed by atoms with Crippen molar-refractivity contribution in [1.29, 1.82) is 0 Å². The number of benzene rings is 1. The van der Waals surface area contributed by atoms with E-state index >= 15 is 0 Å². The first-order valence-electron chi connectivity index (χ1n) is 5.90. The van der Waals surface area contributed by atoms with Crippen molar-refractivity contribution in [1.82, 2.24) is 14.5 Å². The van der Waals surface area contributed by atoms with E-state index in [2.05, 4.69) is 16.8 Å². The van der Waals surface area contributed by atoms with Crippen LogP contribution in [0, 0.1) is 5.82 Å². The lowest BCUT2D eigenvalue weighted by Gasteiger charge is -2.20. The van der Waals surface area contributed by atoms with Crippen molar-refractivity contribution >= 4 is 22.6 Å². The van der Waals surface area contributed by atoms with Crippen LogP contribution in [0.1, 0.15) is 18.8 Å². The SMILES string of the molecule is CC(CN(C)C)n1c(CCl)nc2c(F)cccc21. The topological polar surface area (TPSA) is 21.1 Å². The van der Waals surface area contributed by atoms with Crippen molar-refractivity contribution in [3.05, 3.63) is 29.8 Å². The van der Waals surface area contributed by atoms with Crippen molar-refractivity contribution in [3.8, 4) is 0 Å². The van der Waals surface area contributed by atoms with Crippen LogP contribution in [0.5, 0.6) is 0 Å². The summed E-state index contributed by atoms with van der Waals surface area (Å²) in [6.07, 6.45) is 0. The number of alkyl halides is 1.